The van der Waals surface area contributed by atoms with Crippen LogP contribution in [-0.4, -0.2) is 43.5 Å². The molecule has 1 aliphatic heterocycles. The molecule has 0 amide bonds. The molecular weight excluding hydrogens is 248 g/mol. The quantitative estimate of drug-likeness (QED) is 0.693. The Hall–Kier alpha value is -1.79. The highest BCUT2D eigenvalue weighted by molar-refractivity contribution is 5.94. The smallest absolute Gasteiger partial charge is 0.337 e. The molecule has 4 N–H and O–H groups in total. The molecule has 1 aromatic rings. The predicted molar refractivity (Wildman–Crippen MR) is 71.5 cm³/mol. The molecule has 6 nitrogen and oxygen atoms in total. The lowest BCUT2D eigenvalue weighted by molar-refractivity contribution is -0.00619. The van der Waals surface area contributed by atoms with Crippen molar-refractivity contribution < 1.29 is 19.4 Å². The van der Waals surface area contributed by atoms with Crippen molar-refractivity contribution >= 4 is 17.3 Å². The first-order valence-electron chi connectivity index (χ1n) is 6.06. The number of anilines is 2. The number of methoxy groups -OCH3 is 1. The van der Waals surface area contributed by atoms with E-state index in [0.29, 0.717) is 25.4 Å². The lowest BCUT2D eigenvalue weighted by Gasteiger charge is -2.26. The number of rotatable bonds is 5. The SMILES string of the molecule is COC1(CNc2ccc(N)c(C(=O)O)c2)CCOC1. The second-order valence-electron chi connectivity index (χ2n) is 4.65. The van der Waals surface area contributed by atoms with Crippen molar-refractivity contribution in [3.63, 3.8) is 0 Å². The summed E-state index contributed by atoms with van der Waals surface area (Å²) >= 11 is 0. The highest BCUT2D eigenvalue weighted by Gasteiger charge is 2.34. The fourth-order valence-corrected chi connectivity index (χ4v) is 2.08. The summed E-state index contributed by atoms with van der Waals surface area (Å²) in [6.07, 6.45) is 0.817. The van der Waals surface area contributed by atoms with E-state index >= 15 is 0 Å². The van der Waals surface area contributed by atoms with Gasteiger partial charge in [0.25, 0.3) is 0 Å². The van der Waals surface area contributed by atoms with Gasteiger partial charge in [-0.3, -0.25) is 0 Å². The maximum atomic E-state index is 11.0. The molecule has 0 bridgehead atoms. The van der Waals surface area contributed by atoms with Gasteiger partial charge in [0.1, 0.15) is 5.60 Å². The third kappa shape index (κ3) is 2.97. The number of carboxylic acids is 1. The fourth-order valence-electron chi connectivity index (χ4n) is 2.08. The molecule has 1 saturated heterocycles. The van der Waals surface area contributed by atoms with Crippen molar-refractivity contribution in [1.29, 1.82) is 0 Å². The Morgan fingerprint density at radius 3 is 3.00 bits per heavy atom. The van der Waals surface area contributed by atoms with Gasteiger partial charge >= 0.3 is 5.97 Å². The number of nitrogen functional groups attached to an aromatic ring is 1. The number of nitrogens with one attached hydrogen (secondary N) is 1. The molecule has 104 valence electrons. The Bertz CT molecular complexity index is 470. The largest absolute Gasteiger partial charge is 0.478 e. The van der Waals surface area contributed by atoms with E-state index in [1.54, 1.807) is 19.2 Å². The second kappa shape index (κ2) is 5.46. The minimum Gasteiger partial charge on any atom is -0.478 e. The van der Waals surface area contributed by atoms with Crippen LogP contribution in [0.5, 0.6) is 0 Å². The summed E-state index contributed by atoms with van der Waals surface area (Å²) < 4.78 is 10.8. The normalized spacial score (nSPS) is 22.4. The number of hydrogen-bond acceptors (Lipinski definition) is 5. The standard InChI is InChI=1S/C13H18N2O4/c1-18-13(4-5-19-8-13)7-15-9-2-3-11(14)10(6-9)12(16)17/h2-3,6,15H,4-5,7-8,14H2,1H3,(H,16,17). The van der Waals surface area contributed by atoms with Crippen molar-refractivity contribution in [2.45, 2.75) is 12.0 Å². The molecule has 1 aromatic carbocycles. The molecule has 1 unspecified atom stereocenters. The Morgan fingerprint density at radius 1 is 1.63 bits per heavy atom. The number of carbonyl (C=O) groups is 1. The van der Waals surface area contributed by atoms with Crippen LogP contribution in [0.2, 0.25) is 0 Å². The van der Waals surface area contributed by atoms with E-state index in [2.05, 4.69) is 5.32 Å². The molecule has 0 aliphatic carbocycles. The number of benzene rings is 1. The Morgan fingerprint density at radius 2 is 2.42 bits per heavy atom. The summed E-state index contributed by atoms with van der Waals surface area (Å²) in [6, 6.07) is 4.86. The van der Waals surface area contributed by atoms with E-state index in [4.69, 9.17) is 20.3 Å². The van der Waals surface area contributed by atoms with Crippen LogP contribution in [0.3, 0.4) is 0 Å². The van der Waals surface area contributed by atoms with E-state index in [9.17, 15) is 4.79 Å². The predicted octanol–water partition coefficient (Wildman–Crippen LogP) is 1.18. The molecule has 1 fully saturated rings. The minimum absolute atomic E-state index is 0.0964. The number of nitrogens with two attached hydrogens (primary N) is 1. The van der Waals surface area contributed by atoms with E-state index in [0.717, 1.165) is 6.42 Å². The summed E-state index contributed by atoms with van der Waals surface area (Å²) in [6.45, 7) is 1.78. The van der Waals surface area contributed by atoms with Crippen LogP contribution >= 0.6 is 0 Å². The zero-order chi connectivity index (χ0) is 13.9. The third-order valence-corrected chi connectivity index (χ3v) is 3.40. The number of ether oxygens (including phenoxy) is 2. The monoisotopic (exact) mass is 266 g/mol. The van der Waals surface area contributed by atoms with Gasteiger partial charge in [0.05, 0.1) is 12.2 Å². The summed E-state index contributed by atoms with van der Waals surface area (Å²) in [5, 5.41) is 12.2. The molecule has 1 aliphatic rings. The van der Waals surface area contributed by atoms with Crippen LogP contribution in [0.15, 0.2) is 18.2 Å². The summed E-state index contributed by atoms with van der Waals surface area (Å²) in [4.78, 5) is 11.0. The molecular formula is C13H18N2O4. The van der Waals surface area contributed by atoms with Crippen molar-refractivity contribution in [2.24, 2.45) is 0 Å². The van der Waals surface area contributed by atoms with Gasteiger partial charge < -0.3 is 25.6 Å². The number of carboxylic acid groups (broad SMARTS) is 1. The fraction of sp³-hybridized carbons (Fsp3) is 0.462. The Balaban J connectivity index is 2.07. The van der Waals surface area contributed by atoms with Crippen molar-refractivity contribution in [2.75, 3.05) is 37.9 Å². The second-order valence-corrected chi connectivity index (χ2v) is 4.65. The lowest BCUT2D eigenvalue weighted by atomic mass is 10.0. The van der Waals surface area contributed by atoms with Crippen LogP contribution in [-0.2, 0) is 9.47 Å². The molecule has 0 aromatic heterocycles. The van der Waals surface area contributed by atoms with E-state index in [1.807, 2.05) is 0 Å². The Labute approximate surface area is 111 Å². The van der Waals surface area contributed by atoms with Gasteiger partial charge in [-0.05, 0) is 18.2 Å². The van der Waals surface area contributed by atoms with Crippen LogP contribution in [0.25, 0.3) is 0 Å². The number of aromatic carboxylic acids is 1. The van der Waals surface area contributed by atoms with Gasteiger partial charge in [-0.25, -0.2) is 4.79 Å². The maximum absolute atomic E-state index is 11.0. The Kier molecular flexibility index (Phi) is 3.92. The highest BCUT2D eigenvalue weighted by atomic mass is 16.5. The molecule has 2 rings (SSSR count). The molecule has 6 heteroatoms. The topological polar surface area (TPSA) is 93.8 Å². The maximum Gasteiger partial charge on any atom is 0.337 e. The highest BCUT2D eigenvalue weighted by Crippen LogP contribution is 2.24. The van der Waals surface area contributed by atoms with Crippen LogP contribution in [0.4, 0.5) is 11.4 Å². The summed E-state index contributed by atoms with van der Waals surface area (Å²) in [5.74, 6) is -1.04. The van der Waals surface area contributed by atoms with Crippen LogP contribution < -0.4 is 11.1 Å². The van der Waals surface area contributed by atoms with Crippen LogP contribution in [0, 0.1) is 0 Å². The minimum atomic E-state index is -1.04. The van der Waals surface area contributed by atoms with Gasteiger partial charge in [-0.15, -0.1) is 0 Å². The van der Waals surface area contributed by atoms with E-state index in [1.165, 1.54) is 6.07 Å². The third-order valence-electron chi connectivity index (χ3n) is 3.40. The van der Waals surface area contributed by atoms with Gasteiger partial charge in [0.15, 0.2) is 0 Å². The van der Waals surface area contributed by atoms with E-state index in [-0.39, 0.29) is 16.9 Å². The summed E-state index contributed by atoms with van der Waals surface area (Å²) in [7, 11) is 1.65. The van der Waals surface area contributed by atoms with Gasteiger partial charge in [0, 0.05) is 38.1 Å². The van der Waals surface area contributed by atoms with Gasteiger partial charge in [-0.2, -0.15) is 0 Å². The average molecular weight is 266 g/mol. The molecule has 0 radical (unpaired) electrons. The van der Waals surface area contributed by atoms with Crippen LogP contribution in [0.1, 0.15) is 16.8 Å². The van der Waals surface area contributed by atoms with Crippen molar-refractivity contribution in [3.05, 3.63) is 23.8 Å². The molecule has 19 heavy (non-hydrogen) atoms. The van der Waals surface area contributed by atoms with Crippen molar-refractivity contribution in [1.82, 2.24) is 0 Å². The summed E-state index contributed by atoms with van der Waals surface area (Å²) in [5.41, 5.74) is 6.32. The zero-order valence-corrected chi connectivity index (χ0v) is 10.8. The molecule has 0 saturated carbocycles. The lowest BCUT2D eigenvalue weighted by Crippen LogP contribution is -2.39. The molecule has 1 atom stereocenters. The first kappa shape index (κ1) is 13.6. The molecule has 1 heterocycles. The van der Waals surface area contributed by atoms with Crippen molar-refractivity contribution in [3.8, 4) is 0 Å². The van der Waals surface area contributed by atoms with Gasteiger partial charge in [-0.1, -0.05) is 0 Å². The zero-order valence-electron chi connectivity index (χ0n) is 10.8. The number of hydrogen-bond donors (Lipinski definition) is 3. The van der Waals surface area contributed by atoms with Gasteiger partial charge in [0.2, 0.25) is 0 Å². The first-order chi connectivity index (χ1) is 9.06. The average Bonchev–Trinajstić information content (AvgIpc) is 2.87. The van der Waals surface area contributed by atoms with E-state index < -0.39 is 5.97 Å². The first-order valence-corrected chi connectivity index (χ1v) is 6.06. The molecule has 0 spiro atoms.